The maximum Gasteiger partial charge on any atom is 0.226 e. The number of ether oxygens (including phenoxy) is 1. The topological polar surface area (TPSA) is 97.9 Å². The van der Waals surface area contributed by atoms with E-state index in [1.165, 1.54) is 13.3 Å². The summed E-state index contributed by atoms with van der Waals surface area (Å²) in [5.74, 6) is 0.293. The molecular formula is C15H16N4O2. The standard InChI is InChI=1S/C15H16N4O2/c1-10(2)15(20)19-13-5-4-12(21-3)6-14(13)18-9-11(7-16)8-17/h4-6,9-10,18H,1-3H3,(H,19,20). The smallest absolute Gasteiger partial charge is 0.226 e. The van der Waals surface area contributed by atoms with Crippen molar-refractivity contribution < 1.29 is 9.53 Å². The lowest BCUT2D eigenvalue weighted by Gasteiger charge is -2.13. The van der Waals surface area contributed by atoms with Gasteiger partial charge in [0.2, 0.25) is 5.91 Å². The lowest BCUT2D eigenvalue weighted by atomic mass is 10.2. The van der Waals surface area contributed by atoms with Gasteiger partial charge in [0.15, 0.2) is 0 Å². The van der Waals surface area contributed by atoms with Gasteiger partial charge in [-0.05, 0) is 12.1 Å². The molecule has 108 valence electrons. The lowest BCUT2D eigenvalue weighted by Crippen LogP contribution is -2.18. The van der Waals surface area contributed by atoms with Gasteiger partial charge in [0.1, 0.15) is 23.5 Å². The Morgan fingerprint density at radius 2 is 1.95 bits per heavy atom. The molecule has 1 amide bonds. The van der Waals surface area contributed by atoms with Gasteiger partial charge in [-0.15, -0.1) is 0 Å². The normalized spacial score (nSPS) is 9.24. The molecular weight excluding hydrogens is 268 g/mol. The van der Waals surface area contributed by atoms with Crippen LogP contribution in [0.5, 0.6) is 5.75 Å². The number of benzene rings is 1. The number of amides is 1. The lowest BCUT2D eigenvalue weighted by molar-refractivity contribution is -0.118. The van der Waals surface area contributed by atoms with E-state index in [-0.39, 0.29) is 17.4 Å². The molecule has 1 rings (SSSR count). The van der Waals surface area contributed by atoms with E-state index in [1.54, 1.807) is 44.2 Å². The Morgan fingerprint density at radius 3 is 2.48 bits per heavy atom. The molecule has 0 radical (unpaired) electrons. The zero-order valence-electron chi connectivity index (χ0n) is 12.1. The van der Waals surface area contributed by atoms with E-state index in [4.69, 9.17) is 15.3 Å². The first-order valence-electron chi connectivity index (χ1n) is 6.27. The number of rotatable bonds is 5. The maximum atomic E-state index is 11.8. The van der Waals surface area contributed by atoms with Crippen LogP contribution in [0.4, 0.5) is 11.4 Å². The van der Waals surface area contributed by atoms with Gasteiger partial charge >= 0.3 is 0 Å². The van der Waals surface area contributed by atoms with Gasteiger partial charge in [0.25, 0.3) is 0 Å². The van der Waals surface area contributed by atoms with Crippen molar-refractivity contribution >= 4 is 17.3 Å². The highest BCUT2D eigenvalue weighted by Crippen LogP contribution is 2.27. The van der Waals surface area contributed by atoms with E-state index in [1.807, 2.05) is 0 Å². The first-order valence-corrected chi connectivity index (χ1v) is 6.27. The Labute approximate surface area is 123 Å². The summed E-state index contributed by atoms with van der Waals surface area (Å²) in [6.07, 6.45) is 1.28. The van der Waals surface area contributed by atoms with Crippen LogP contribution in [0.2, 0.25) is 0 Å². The third-order valence-electron chi connectivity index (χ3n) is 2.62. The molecule has 0 fully saturated rings. The van der Waals surface area contributed by atoms with Crippen molar-refractivity contribution in [2.75, 3.05) is 17.7 Å². The molecule has 0 bridgehead atoms. The van der Waals surface area contributed by atoms with Gasteiger partial charge in [-0.25, -0.2) is 0 Å². The van der Waals surface area contributed by atoms with Crippen molar-refractivity contribution in [3.05, 3.63) is 30.0 Å². The summed E-state index contributed by atoms with van der Waals surface area (Å²) in [6, 6.07) is 8.56. The second-order valence-corrected chi connectivity index (χ2v) is 4.48. The Morgan fingerprint density at radius 1 is 1.29 bits per heavy atom. The molecule has 0 spiro atoms. The van der Waals surface area contributed by atoms with Crippen LogP contribution in [0.1, 0.15) is 13.8 Å². The van der Waals surface area contributed by atoms with E-state index in [0.29, 0.717) is 17.1 Å². The van der Waals surface area contributed by atoms with Crippen LogP contribution >= 0.6 is 0 Å². The van der Waals surface area contributed by atoms with Crippen molar-refractivity contribution in [2.24, 2.45) is 5.92 Å². The van der Waals surface area contributed by atoms with Crippen molar-refractivity contribution in [1.29, 1.82) is 10.5 Å². The zero-order chi connectivity index (χ0) is 15.8. The minimum atomic E-state index is -0.163. The Balaban J connectivity index is 3.09. The Bertz CT molecular complexity index is 620. The summed E-state index contributed by atoms with van der Waals surface area (Å²) in [5.41, 5.74) is 1.01. The molecule has 0 aliphatic carbocycles. The van der Waals surface area contributed by atoms with Crippen molar-refractivity contribution in [1.82, 2.24) is 0 Å². The number of carbonyl (C=O) groups is 1. The van der Waals surface area contributed by atoms with Crippen LogP contribution in [0, 0.1) is 28.6 Å². The average Bonchev–Trinajstić information content (AvgIpc) is 2.49. The van der Waals surface area contributed by atoms with E-state index in [2.05, 4.69) is 10.6 Å². The number of nitrogens with one attached hydrogen (secondary N) is 2. The minimum Gasteiger partial charge on any atom is -0.497 e. The SMILES string of the molecule is COc1ccc(NC(=O)C(C)C)c(NC=C(C#N)C#N)c1. The van der Waals surface area contributed by atoms with Crippen LogP contribution in [-0.4, -0.2) is 13.0 Å². The molecule has 0 saturated heterocycles. The van der Waals surface area contributed by atoms with Crippen LogP contribution in [0.25, 0.3) is 0 Å². The second kappa shape index (κ2) is 7.56. The van der Waals surface area contributed by atoms with E-state index in [0.717, 1.165) is 0 Å². The molecule has 0 unspecified atom stereocenters. The van der Waals surface area contributed by atoms with Crippen LogP contribution in [0.3, 0.4) is 0 Å². The molecule has 6 nitrogen and oxygen atoms in total. The Kier molecular flexibility index (Phi) is 5.79. The summed E-state index contributed by atoms with van der Waals surface area (Å²) in [7, 11) is 1.53. The predicted molar refractivity (Wildman–Crippen MR) is 79.4 cm³/mol. The average molecular weight is 284 g/mol. The molecule has 2 N–H and O–H groups in total. The van der Waals surface area contributed by atoms with E-state index in [9.17, 15) is 4.79 Å². The first kappa shape index (κ1) is 16.1. The monoisotopic (exact) mass is 284 g/mol. The van der Waals surface area contributed by atoms with Gasteiger partial charge in [0, 0.05) is 18.2 Å². The zero-order valence-corrected chi connectivity index (χ0v) is 12.1. The Hall–Kier alpha value is -2.99. The number of nitrogens with zero attached hydrogens (tertiary/aromatic N) is 2. The van der Waals surface area contributed by atoms with Crippen molar-refractivity contribution in [3.63, 3.8) is 0 Å². The summed E-state index contributed by atoms with van der Waals surface area (Å²) < 4.78 is 5.12. The summed E-state index contributed by atoms with van der Waals surface area (Å²) >= 11 is 0. The molecule has 0 aliphatic heterocycles. The first-order chi connectivity index (χ1) is 10.0. The number of hydrogen-bond acceptors (Lipinski definition) is 5. The molecule has 0 atom stereocenters. The maximum absolute atomic E-state index is 11.8. The number of anilines is 2. The van der Waals surface area contributed by atoms with E-state index < -0.39 is 0 Å². The number of hydrogen-bond donors (Lipinski definition) is 2. The molecule has 0 aliphatic rings. The van der Waals surface area contributed by atoms with Gasteiger partial charge in [-0.2, -0.15) is 10.5 Å². The number of nitriles is 2. The van der Waals surface area contributed by atoms with E-state index >= 15 is 0 Å². The third-order valence-corrected chi connectivity index (χ3v) is 2.62. The number of allylic oxidation sites excluding steroid dienone is 1. The molecule has 0 heterocycles. The highest BCUT2D eigenvalue weighted by Gasteiger charge is 2.11. The highest BCUT2D eigenvalue weighted by atomic mass is 16.5. The molecule has 1 aromatic rings. The van der Waals surface area contributed by atoms with Crippen LogP contribution < -0.4 is 15.4 Å². The summed E-state index contributed by atoms with van der Waals surface area (Å²) in [4.78, 5) is 11.8. The highest BCUT2D eigenvalue weighted by molar-refractivity contribution is 5.95. The number of methoxy groups -OCH3 is 1. The van der Waals surface area contributed by atoms with Gasteiger partial charge in [-0.3, -0.25) is 4.79 Å². The largest absolute Gasteiger partial charge is 0.497 e. The minimum absolute atomic E-state index is 0.0704. The fraction of sp³-hybridized carbons (Fsp3) is 0.267. The predicted octanol–water partition coefficient (Wildman–Crippen LogP) is 2.63. The van der Waals surface area contributed by atoms with Crippen LogP contribution in [0.15, 0.2) is 30.0 Å². The number of carbonyl (C=O) groups excluding carboxylic acids is 1. The molecule has 1 aromatic carbocycles. The van der Waals surface area contributed by atoms with Gasteiger partial charge in [0.05, 0.1) is 18.5 Å². The molecule has 0 aromatic heterocycles. The molecule has 21 heavy (non-hydrogen) atoms. The summed E-state index contributed by atoms with van der Waals surface area (Å²) in [6.45, 7) is 3.57. The quantitative estimate of drug-likeness (QED) is 0.810. The van der Waals surface area contributed by atoms with Crippen LogP contribution in [-0.2, 0) is 4.79 Å². The van der Waals surface area contributed by atoms with Crippen molar-refractivity contribution in [2.45, 2.75) is 13.8 Å². The molecule has 0 saturated carbocycles. The molecule has 6 heteroatoms. The third kappa shape index (κ3) is 4.55. The fourth-order valence-electron chi connectivity index (χ4n) is 1.40. The summed E-state index contributed by atoms with van der Waals surface area (Å²) in [5, 5.41) is 23.0. The second-order valence-electron chi connectivity index (χ2n) is 4.48. The van der Waals surface area contributed by atoms with Gasteiger partial charge < -0.3 is 15.4 Å². The van der Waals surface area contributed by atoms with Gasteiger partial charge in [-0.1, -0.05) is 13.8 Å². The van der Waals surface area contributed by atoms with Crippen molar-refractivity contribution in [3.8, 4) is 17.9 Å². The fourth-order valence-corrected chi connectivity index (χ4v) is 1.40.